The van der Waals surface area contributed by atoms with Gasteiger partial charge in [0.1, 0.15) is 0 Å². The zero-order valence-electron chi connectivity index (χ0n) is 13.0. The molecule has 1 fully saturated rings. The predicted molar refractivity (Wildman–Crippen MR) is 79.8 cm³/mol. The highest BCUT2D eigenvalue weighted by Crippen LogP contribution is 2.14. The van der Waals surface area contributed by atoms with E-state index in [1.807, 2.05) is 25.8 Å². The van der Waals surface area contributed by atoms with Gasteiger partial charge in [-0.2, -0.15) is 10.4 Å². The summed E-state index contributed by atoms with van der Waals surface area (Å²) in [6, 6.07) is 2.29. The van der Waals surface area contributed by atoms with Crippen LogP contribution in [-0.2, 0) is 13.5 Å². The van der Waals surface area contributed by atoms with Crippen LogP contribution in [-0.4, -0.2) is 57.7 Å². The molecule has 0 saturated carbocycles. The van der Waals surface area contributed by atoms with Crippen LogP contribution in [0, 0.1) is 11.3 Å². The minimum absolute atomic E-state index is 0.0353. The Bertz CT molecular complexity index is 537. The number of nitrogens with zero attached hydrogens (tertiary/aromatic N) is 5. The lowest BCUT2D eigenvalue weighted by molar-refractivity contribution is 0.0603. The van der Waals surface area contributed by atoms with Crippen molar-refractivity contribution in [1.29, 1.82) is 5.26 Å². The molecule has 0 aliphatic carbocycles. The van der Waals surface area contributed by atoms with Gasteiger partial charge in [0.25, 0.3) is 5.91 Å². The molecule has 6 nitrogen and oxygen atoms in total. The van der Waals surface area contributed by atoms with Gasteiger partial charge in [-0.15, -0.1) is 0 Å². The summed E-state index contributed by atoms with van der Waals surface area (Å²) in [5, 5.41) is 13.4. The SMILES string of the molecule is CCc1nn(C)cc1C(=O)N1CCN(C(C#N)CC)CC1. The van der Waals surface area contributed by atoms with Gasteiger partial charge in [-0.05, 0) is 12.8 Å². The first-order chi connectivity index (χ1) is 10.1. The van der Waals surface area contributed by atoms with Gasteiger partial charge in [0.2, 0.25) is 0 Å². The Balaban J connectivity index is 2.02. The van der Waals surface area contributed by atoms with Crippen molar-refractivity contribution in [3.63, 3.8) is 0 Å². The molecular formula is C15H23N5O. The third-order valence-electron chi connectivity index (χ3n) is 4.05. The maximum Gasteiger partial charge on any atom is 0.257 e. The minimum Gasteiger partial charge on any atom is -0.336 e. The maximum atomic E-state index is 12.6. The Hall–Kier alpha value is -1.87. The van der Waals surface area contributed by atoms with Gasteiger partial charge in [0.05, 0.1) is 23.4 Å². The summed E-state index contributed by atoms with van der Waals surface area (Å²) in [5.74, 6) is 0.0598. The largest absolute Gasteiger partial charge is 0.336 e. The fraction of sp³-hybridized carbons (Fsp3) is 0.667. The lowest BCUT2D eigenvalue weighted by Gasteiger charge is -2.36. The number of aromatic nitrogens is 2. The van der Waals surface area contributed by atoms with E-state index in [-0.39, 0.29) is 11.9 Å². The highest BCUT2D eigenvalue weighted by atomic mass is 16.2. The van der Waals surface area contributed by atoms with E-state index in [9.17, 15) is 4.79 Å². The van der Waals surface area contributed by atoms with E-state index in [4.69, 9.17) is 5.26 Å². The van der Waals surface area contributed by atoms with Crippen molar-refractivity contribution >= 4 is 5.91 Å². The summed E-state index contributed by atoms with van der Waals surface area (Å²) in [4.78, 5) is 16.6. The fourth-order valence-electron chi connectivity index (χ4n) is 2.81. The van der Waals surface area contributed by atoms with Crippen LogP contribution in [0.25, 0.3) is 0 Å². The van der Waals surface area contributed by atoms with Crippen molar-refractivity contribution in [3.05, 3.63) is 17.5 Å². The Kier molecular flexibility index (Phi) is 4.97. The molecule has 21 heavy (non-hydrogen) atoms. The van der Waals surface area contributed by atoms with Crippen LogP contribution in [0.2, 0.25) is 0 Å². The van der Waals surface area contributed by atoms with E-state index in [0.29, 0.717) is 18.7 Å². The first-order valence-corrected chi connectivity index (χ1v) is 7.56. The zero-order valence-corrected chi connectivity index (χ0v) is 13.0. The molecule has 2 rings (SSSR count). The van der Waals surface area contributed by atoms with Crippen LogP contribution >= 0.6 is 0 Å². The molecule has 1 aromatic heterocycles. The molecule has 1 aliphatic rings. The van der Waals surface area contributed by atoms with Gasteiger partial charge < -0.3 is 4.90 Å². The molecule has 6 heteroatoms. The molecule has 114 valence electrons. The van der Waals surface area contributed by atoms with Gasteiger partial charge in [-0.25, -0.2) is 0 Å². The van der Waals surface area contributed by atoms with Crippen LogP contribution in [0.1, 0.15) is 36.3 Å². The van der Waals surface area contributed by atoms with E-state index in [2.05, 4.69) is 16.1 Å². The topological polar surface area (TPSA) is 65.2 Å². The highest BCUT2D eigenvalue weighted by Gasteiger charge is 2.27. The fourth-order valence-corrected chi connectivity index (χ4v) is 2.81. The molecule has 0 bridgehead atoms. The van der Waals surface area contributed by atoms with E-state index in [0.717, 1.165) is 31.6 Å². The van der Waals surface area contributed by atoms with E-state index < -0.39 is 0 Å². The maximum absolute atomic E-state index is 12.6. The quantitative estimate of drug-likeness (QED) is 0.831. The first-order valence-electron chi connectivity index (χ1n) is 7.56. The summed E-state index contributed by atoms with van der Waals surface area (Å²) in [7, 11) is 1.84. The number of piperazine rings is 1. The van der Waals surface area contributed by atoms with Crippen LogP contribution in [0.5, 0.6) is 0 Å². The van der Waals surface area contributed by atoms with Gasteiger partial charge in [-0.1, -0.05) is 13.8 Å². The molecule has 1 amide bonds. The Morgan fingerprint density at radius 3 is 2.57 bits per heavy atom. The van der Waals surface area contributed by atoms with Crippen LogP contribution < -0.4 is 0 Å². The van der Waals surface area contributed by atoms with Crippen molar-refractivity contribution in [3.8, 4) is 6.07 Å². The molecule has 2 heterocycles. The van der Waals surface area contributed by atoms with Crippen molar-refractivity contribution in [1.82, 2.24) is 19.6 Å². The second kappa shape index (κ2) is 6.72. The second-order valence-corrected chi connectivity index (χ2v) is 5.40. The van der Waals surface area contributed by atoms with Crippen LogP contribution in [0.15, 0.2) is 6.20 Å². The molecule has 1 unspecified atom stereocenters. The summed E-state index contributed by atoms with van der Waals surface area (Å²) < 4.78 is 1.70. The van der Waals surface area contributed by atoms with Crippen molar-refractivity contribution < 1.29 is 4.79 Å². The average molecular weight is 289 g/mol. The molecule has 1 atom stereocenters. The molecular weight excluding hydrogens is 266 g/mol. The third-order valence-corrected chi connectivity index (χ3v) is 4.05. The number of carbonyl (C=O) groups excluding carboxylic acids is 1. The van der Waals surface area contributed by atoms with Crippen molar-refractivity contribution in [2.75, 3.05) is 26.2 Å². The Morgan fingerprint density at radius 1 is 1.38 bits per heavy atom. The summed E-state index contributed by atoms with van der Waals surface area (Å²) in [6.07, 6.45) is 3.39. The zero-order chi connectivity index (χ0) is 15.4. The number of hydrogen-bond acceptors (Lipinski definition) is 4. The van der Waals surface area contributed by atoms with Crippen LogP contribution in [0.3, 0.4) is 0 Å². The molecule has 0 spiro atoms. The molecule has 1 aromatic rings. The third kappa shape index (κ3) is 3.24. The van der Waals surface area contributed by atoms with Gasteiger partial charge >= 0.3 is 0 Å². The monoisotopic (exact) mass is 289 g/mol. The lowest BCUT2D eigenvalue weighted by Crippen LogP contribution is -2.51. The number of hydrogen-bond donors (Lipinski definition) is 0. The molecule has 0 aromatic carbocycles. The van der Waals surface area contributed by atoms with E-state index in [1.54, 1.807) is 10.9 Å². The number of nitriles is 1. The number of aryl methyl sites for hydroxylation is 2. The molecule has 1 aliphatic heterocycles. The van der Waals surface area contributed by atoms with Gasteiger partial charge in [-0.3, -0.25) is 14.4 Å². The second-order valence-electron chi connectivity index (χ2n) is 5.40. The highest BCUT2D eigenvalue weighted by molar-refractivity contribution is 5.95. The minimum atomic E-state index is -0.0353. The Morgan fingerprint density at radius 2 is 2.05 bits per heavy atom. The predicted octanol–water partition coefficient (Wildman–Crippen LogP) is 1.04. The van der Waals surface area contributed by atoms with Crippen LogP contribution in [0.4, 0.5) is 0 Å². The number of amides is 1. The van der Waals surface area contributed by atoms with Gasteiger partial charge in [0, 0.05) is 39.4 Å². The normalized spacial score (nSPS) is 17.5. The van der Waals surface area contributed by atoms with Gasteiger partial charge in [0.15, 0.2) is 0 Å². The average Bonchev–Trinajstić information content (AvgIpc) is 2.89. The summed E-state index contributed by atoms with van der Waals surface area (Å²) in [5.41, 5.74) is 1.56. The molecule has 0 radical (unpaired) electrons. The smallest absolute Gasteiger partial charge is 0.257 e. The number of carbonyl (C=O) groups is 1. The lowest BCUT2D eigenvalue weighted by atomic mass is 10.1. The molecule has 0 N–H and O–H groups in total. The van der Waals surface area contributed by atoms with E-state index >= 15 is 0 Å². The number of rotatable bonds is 4. The molecule has 1 saturated heterocycles. The van der Waals surface area contributed by atoms with E-state index in [1.165, 1.54) is 0 Å². The summed E-state index contributed by atoms with van der Waals surface area (Å²) in [6.45, 7) is 6.91. The first kappa shape index (κ1) is 15.5. The van der Waals surface area contributed by atoms with Crippen molar-refractivity contribution in [2.24, 2.45) is 7.05 Å². The van der Waals surface area contributed by atoms with Crippen molar-refractivity contribution in [2.45, 2.75) is 32.7 Å². The summed E-state index contributed by atoms with van der Waals surface area (Å²) >= 11 is 0. The standard InChI is InChI=1S/C15H23N5O/c1-4-12(10-16)19-6-8-20(9-7-19)15(21)13-11-18(3)17-14(13)5-2/h11-12H,4-9H2,1-3H3. The Labute approximate surface area is 125 Å².